The summed E-state index contributed by atoms with van der Waals surface area (Å²) in [6.45, 7) is 1.17. The van der Waals surface area contributed by atoms with Gasteiger partial charge in [-0.2, -0.15) is 18.3 Å². The number of rotatable bonds is 13. The number of hydrogen-bond acceptors (Lipinski definition) is 10. The fourth-order valence-corrected chi connectivity index (χ4v) is 5.75. The number of hydrogen-bond donors (Lipinski definition) is 1. The third kappa shape index (κ3) is 8.43. The predicted octanol–water partition coefficient (Wildman–Crippen LogP) is 5.06. The number of aromatic nitrogens is 2. The van der Waals surface area contributed by atoms with Gasteiger partial charge in [0, 0.05) is 5.56 Å². The van der Waals surface area contributed by atoms with Gasteiger partial charge in [-0.3, -0.25) is 9.59 Å². The SMILES string of the molecule is Cc1ccc(-c2cc(C(F)(F)F)nn2-c2ccc(S(=O)(=O)NC(=O)OCCCCN(C)/[N+]([O-])=N/OCN3C(=O)c4ccccc4C3=O)cc2)cc1. The van der Waals surface area contributed by atoms with Crippen LogP contribution in [-0.2, 0) is 25.8 Å². The van der Waals surface area contributed by atoms with Crippen LogP contribution in [0, 0.1) is 12.1 Å². The summed E-state index contributed by atoms with van der Waals surface area (Å²) in [6, 6.07) is 18.6. The second kappa shape index (κ2) is 14.9. The molecule has 3 amide bonds. The van der Waals surface area contributed by atoms with Crippen LogP contribution in [0.15, 0.2) is 89.0 Å². The monoisotopic (exact) mass is 729 g/mol. The van der Waals surface area contributed by atoms with E-state index < -0.39 is 46.5 Å². The average molecular weight is 730 g/mol. The minimum atomic E-state index is -4.72. The molecule has 0 radical (unpaired) electrons. The molecule has 0 fully saturated rings. The average Bonchev–Trinajstić information content (AvgIpc) is 3.65. The summed E-state index contributed by atoms with van der Waals surface area (Å²) < 4.78 is 73.8. The molecule has 0 saturated heterocycles. The first kappa shape index (κ1) is 36.3. The summed E-state index contributed by atoms with van der Waals surface area (Å²) in [6.07, 6.45) is -5.45. The largest absolute Gasteiger partial charge is 0.569 e. The van der Waals surface area contributed by atoms with Crippen molar-refractivity contribution in [3.63, 3.8) is 0 Å². The molecule has 0 atom stereocenters. The van der Waals surface area contributed by atoms with Crippen LogP contribution in [0.4, 0.5) is 18.0 Å². The Hall–Kier alpha value is -5.98. The first-order valence-electron chi connectivity index (χ1n) is 15.2. The molecule has 3 aromatic carbocycles. The van der Waals surface area contributed by atoms with E-state index in [4.69, 9.17) is 9.57 Å². The van der Waals surface area contributed by atoms with Crippen molar-refractivity contribution in [1.82, 2.24) is 24.4 Å². The number of carbonyl (C=O) groups is 3. The number of sulfonamides is 1. The normalized spacial score (nSPS) is 13.3. The maximum Gasteiger partial charge on any atom is 0.435 e. The van der Waals surface area contributed by atoms with Gasteiger partial charge in [-0.05, 0) is 62.2 Å². The van der Waals surface area contributed by atoms with E-state index in [1.165, 1.54) is 31.3 Å². The Kier molecular flexibility index (Phi) is 10.6. The highest BCUT2D eigenvalue weighted by molar-refractivity contribution is 7.90. The van der Waals surface area contributed by atoms with Crippen molar-refractivity contribution >= 4 is 27.9 Å². The third-order valence-electron chi connectivity index (χ3n) is 7.55. The van der Waals surface area contributed by atoms with Gasteiger partial charge in [0.05, 0.1) is 52.6 Å². The summed E-state index contributed by atoms with van der Waals surface area (Å²) in [4.78, 5) is 42.3. The van der Waals surface area contributed by atoms with Crippen molar-refractivity contribution in [3.8, 4) is 16.9 Å². The summed E-state index contributed by atoms with van der Waals surface area (Å²) in [7, 11) is -3.02. The molecular weight excluding hydrogens is 699 g/mol. The van der Waals surface area contributed by atoms with Crippen LogP contribution < -0.4 is 4.72 Å². The number of benzene rings is 3. The Morgan fingerprint density at radius 3 is 2.24 bits per heavy atom. The fraction of sp³-hybridized carbons (Fsp3) is 0.250. The maximum atomic E-state index is 13.5. The summed E-state index contributed by atoms with van der Waals surface area (Å²) in [5.41, 5.74) is 0.956. The van der Waals surface area contributed by atoms with Gasteiger partial charge in [0.2, 0.25) is 12.0 Å². The predicted molar refractivity (Wildman–Crippen MR) is 171 cm³/mol. The lowest BCUT2D eigenvalue weighted by Gasteiger charge is -2.14. The molecule has 0 saturated carbocycles. The first-order chi connectivity index (χ1) is 24.2. The second-order valence-corrected chi connectivity index (χ2v) is 12.9. The molecule has 0 unspecified atom stereocenters. The van der Waals surface area contributed by atoms with Crippen LogP contribution >= 0.6 is 0 Å². The minimum absolute atomic E-state index is 0.106. The van der Waals surface area contributed by atoms with Gasteiger partial charge in [0.1, 0.15) is 0 Å². The zero-order valence-corrected chi connectivity index (χ0v) is 27.8. The molecule has 0 spiro atoms. The summed E-state index contributed by atoms with van der Waals surface area (Å²) in [5.74, 6) is -1.15. The molecule has 4 aromatic rings. The molecular formula is C32H30F3N7O8S. The Labute approximate surface area is 289 Å². The smallest absolute Gasteiger partial charge is 0.435 e. The summed E-state index contributed by atoms with van der Waals surface area (Å²) >= 11 is 0. The standard InChI is InChI=1S/C32H30F3N7O8S/c1-21-9-11-22(12-10-21)27-19-28(32(33,34)35)36-41(27)23-13-15-24(16-14-23)51(47,48)37-31(45)49-18-6-5-17-39(2)42(46)38-50-20-40-29(43)25-7-3-4-8-26(25)30(40)44/h3-4,7-16,19H,5-6,17-18,20H2,1-2H3,(H,37,45)/b42-38-. The lowest BCUT2D eigenvalue weighted by Crippen LogP contribution is -2.33. The number of unbranched alkanes of at least 4 members (excludes halogenated alkanes) is 1. The number of aryl methyl sites for hydroxylation is 1. The van der Waals surface area contributed by atoms with Crippen LogP contribution in [0.3, 0.4) is 0 Å². The van der Waals surface area contributed by atoms with E-state index in [0.29, 0.717) is 12.0 Å². The van der Waals surface area contributed by atoms with E-state index in [1.54, 1.807) is 41.1 Å². The van der Waals surface area contributed by atoms with Crippen molar-refractivity contribution in [1.29, 1.82) is 0 Å². The van der Waals surface area contributed by atoms with Crippen molar-refractivity contribution in [3.05, 3.63) is 106 Å². The Morgan fingerprint density at radius 1 is 1.00 bits per heavy atom. The Bertz CT molecular complexity index is 2030. The van der Waals surface area contributed by atoms with Gasteiger partial charge in [-0.25, -0.2) is 27.5 Å². The highest BCUT2D eigenvalue weighted by Crippen LogP contribution is 2.33. The highest BCUT2D eigenvalue weighted by Gasteiger charge is 2.36. The molecule has 15 nitrogen and oxygen atoms in total. The van der Waals surface area contributed by atoms with Gasteiger partial charge < -0.3 is 14.8 Å². The first-order valence-corrected chi connectivity index (χ1v) is 16.6. The number of nitrogens with zero attached hydrogens (tertiary/aromatic N) is 6. The van der Waals surface area contributed by atoms with Crippen molar-refractivity contribution in [2.45, 2.75) is 30.8 Å². The number of ether oxygens (including phenoxy) is 1. The van der Waals surface area contributed by atoms with Crippen LogP contribution in [0.25, 0.3) is 16.9 Å². The van der Waals surface area contributed by atoms with E-state index in [0.717, 1.165) is 38.4 Å². The second-order valence-electron chi connectivity index (χ2n) is 11.2. The maximum absolute atomic E-state index is 13.5. The zero-order chi connectivity index (χ0) is 36.9. The van der Waals surface area contributed by atoms with Gasteiger partial charge in [-0.15, -0.1) is 5.01 Å². The van der Waals surface area contributed by atoms with Crippen LogP contribution in [0.5, 0.6) is 0 Å². The van der Waals surface area contributed by atoms with Crippen molar-refractivity contribution < 1.29 is 50.5 Å². The van der Waals surface area contributed by atoms with Crippen LogP contribution in [0.2, 0.25) is 0 Å². The molecule has 268 valence electrons. The minimum Gasteiger partial charge on any atom is -0.569 e. The third-order valence-corrected chi connectivity index (χ3v) is 8.88. The number of amides is 3. The quantitative estimate of drug-likeness (QED) is 0.0643. The molecule has 51 heavy (non-hydrogen) atoms. The summed E-state index contributed by atoms with van der Waals surface area (Å²) in [5, 5.41) is 20.3. The number of halogens is 3. The number of fused-ring (bicyclic) bond motifs is 1. The van der Waals surface area contributed by atoms with E-state index in [-0.39, 0.29) is 51.9 Å². The lowest BCUT2D eigenvalue weighted by atomic mass is 10.1. The van der Waals surface area contributed by atoms with Gasteiger partial charge in [-0.1, -0.05) is 42.0 Å². The molecule has 0 aliphatic carbocycles. The highest BCUT2D eigenvalue weighted by atomic mass is 32.2. The molecule has 1 aliphatic heterocycles. The Balaban J connectivity index is 1.08. The zero-order valence-electron chi connectivity index (χ0n) is 27.0. The van der Waals surface area contributed by atoms with Crippen molar-refractivity contribution in [2.24, 2.45) is 5.28 Å². The molecule has 5 rings (SSSR count). The Morgan fingerprint density at radius 2 is 1.63 bits per heavy atom. The van der Waals surface area contributed by atoms with Crippen LogP contribution in [-0.4, -0.2) is 77.9 Å². The van der Waals surface area contributed by atoms with Gasteiger partial charge in [0.15, 0.2) is 5.69 Å². The van der Waals surface area contributed by atoms with Crippen molar-refractivity contribution in [2.75, 3.05) is 26.9 Å². The van der Waals surface area contributed by atoms with E-state index in [1.807, 2.05) is 6.92 Å². The van der Waals surface area contributed by atoms with E-state index in [2.05, 4.69) is 10.4 Å². The number of carbonyl (C=O) groups excluding carboxylic acids is 3. The number of imide groups is 1. The molecule has 1 aromatic heterocycles. The molecule has 19 heteroatoms. The lowest BCUT2D eigenvalue weighted by molar-refractivity contribution is -0.705. The van der Waals surface area contributed by atoms with E-state index in [9.17, 15) is 41.2 Å². The number of alkyl halides is 3. The fourth-order valence-electron chi connectivity index (χ4n) is 4.86. The number of nitrogens with one attached hydrogen (secondary N) is 1. The molecule has 1 aliphatic rings. The van der Waals surface area contributed by atoms with E-state index >= 15 is 0 Å². The molecule has 0 bridgehead atoms. The number of hydrazine groups is 1. The van der Waals surface area contributed by atoms with Gasteiger partial charge in [0.25, 0.3) is 21.8 Å². The molecule has 2 heterocycles. The molecule has 1 N–H and O–H groups in total. The van der Waals surface area contributed by atoms with Crippen LogP contribution in [0.1, 0.15) is 44.8 Å². The topological polar surface area (TPSA) is 179 Å². The van der Waals surface area contributed by atoms with Gasteiger partial charge >= 0.3 is 12.3 Å².